The van der Waals surface area contributed by atoms with E-state index in [1.807, 2.05) is 6.07 Å². The van der Waals surface area contributed by atoms with Crippen LogP contribution in [-0.4, -0.2) is 15.6 Å². The summed E-state index contributed by atoms with van der Waals surface area (Å²) in [5, 5.41) is 0. The van der Waals surface area contributed by atoms with Crippen LogP contribution in [0.25, 0.3) is 0 Å². The van der Waals surface area contributed by atoms with Crippen molar-refractivity contribution in [2.45, 2.75) is 20.7 Å². The van der Waals surface area contributed by atoms with E-state index in [4.69, 9.17) is 5.73 Å². The molecule has 3 nitrogen and oxygen atoms in total. The van der Waals surface area contributed by atoms with Crippen molar-refractivity contribution in [2.24, 2.45) is 5.73 Å². The second kappa shape index (κ2) is 5.67. The molecular weight excluding hydrogens is 258 g/mol. The fourth-order valence-electron chi connectivity index (χ4n) is 1.34. The number of rotatable bonds is 4. The molecule has 0 aliphatic carbocycles. The van der Waals surface area contributed by atoms with E-state index in [-0.39, 0.29) is 0 Å². The van der Waals surface area contributed by atoms with Crippen LogP contribution in [0.3, 0.4) is 0 Å². The van der Waals surface area contributed by atoms with E-state index in [0.29, 0.717) is 6.54 Å². The second-order valence-electron chi connectivity index (χ2n) is 2.95. The first-order valence-electron chi connectivity index (χ1n) is 4.65. The third kappa shape index (κ3) is 2.57. The second-order valence-corrected chi connectivity index (χ2v) is 5.87. The minimum absolute atomic E-state index is 0.554. The molecule has 2 aromatic rings. The van der Waals surface area contributed by atoms with Crippen molar-refractivity contribution in [3.05, 3.63) is 30.1 Å². The molecule has 84 valence electrons. The Balaban J connectivity index is 2.33. The van der Waals surface area contributed by atoms with Gasteiger partial charge in [-0.3, -0.25) is 0 Å². The lowest BCUT2D eigenvalue weighted by molar-refractivity contribution is 0.980. The Morgan fingerprint density at radius 3 is 2.81 bits per heavy atom. The first-order valence-corrected chi connectivity index (χ1v) is 7.47. The molecule has 0 aliphatic rings. The highest BCUT2D eigenvalue weighted by molar-refractivity contribution is 8.01. The van der Waals surface area contributed by atoms with Gasteiger partial charge in [-0.05, 0) is 35.5 Å². The Morgan fingerprint density at radius 2 is 2.19 bits per heavy atom. The summed E-state index contributed by atoms with van der Waals surface area (Å²) in [6.07, 6.45) is 3.64. The molecule has 6 heteroatoms. The summed E-state index contributed by atoms with van der Waals surface area (Å²) in [6, 6.07) is 6.22. The Hall–Kier alpha value is -0.560. The van der Waals surface area contributed by atoms with Crippen LogP contribution >= 0.6 is 35.1 Å². The van der Waals surface area contributed by atoms with Crippen LogP contribution in [0, 0.1) is 0 Å². The van der Waals surface area contributed by atoms with Gasteiger partial charge in [0.1, 0.15) is 6.33 Å². The molecule has 0 atom stereocenters. The SMILES string of the molecule is CSc1cccc(Sc2ncns2)c1CN. The molecule has 0 saturated carbocycles. The minimum Gasteiger partial charge on any atom is -0.326 e. The maximum atomic E-state index is 5.80. The van der Waals surface area contributed by atoms with Gasteiger partial charge in [-0.2, -0.15) is 4.37 Å². The monoisotopic (exact) mass is 269 g/mol. The molecule has 16 heavy (non-hydrogen) atoms. The van der Waals surface area contributed by atoms with Crippen molar-refractivity contribution in [3.63, 3.8) is 0 Å². The quantitative estimate of drug-likeness (QED) is 0.865. The van der Waals surface area contributed by atoms with Gasteiger partial charge in [0, 0.05) is 16.3 Å². The summed E-state index contributed by atoms with van der Waals surface area (Å²) < 4.78 is 4.94. The van der Waals surface area contributed by atoms with Crippen molar-refractivity contribution >= 4 is 35.1 Å². The summed E-state index contributed by atoms with van der Waals surface area (Å²) in [6.45, 7) is 0.554. The van der Waals surface area contributed by atoms with Gasteiger partial charge in [0.2, 0.25) is 0 Å². The van der Waals surface area contributed by atoms with Gasteiger partial charge in [-0.15, -0.1) is 11.8 Å². The molecule has 2 rings (SSSR count). The first kappa shape index (κ1) is 11.9. The van der Waals surface area contributed by atoms with E-state index in [0.717, 1.165) is 4.34 Å². The summed E-state index contributed by atoms with van der Waals surface area (Å²) in [5.41, 5.74) is 6.99. The zero-order chi connectivity index (χ0) is 11.4. The number of nitrogens with zero attached hydrogens (tertiary/aromatic N) is 2. The molecule has 0 aliphatic heterocycles. The molecule has 0 fully saturated rings. The average molecular weight is 269 g/mol. The number of hydrogen-bond acceptors (Lipinski definition) is 6. The molecule has 0 radical (unpaired) electrons. The van der Waals surface area contributed by atoms with Gasteiger partial charge < -0.3 is 5.73 Å². The summed E-state index contributed by atoms with van der Waals surface area (Å²) in [4.78, 5) is 6.57. The highest BCUT2D eigenvalue weighted by Crippen LogP contribution is 2.34. The van der Waals surface area contributed by atoms with Crippen LogP contribution in [-0.2, 0) is 6.54 Å². The molecular formula is C10H11N3S3. The minimum atomic E-state index is 0.554. The zero-order valence-corrected chi connectivity index (χ0v) is 11.2. The third-order valence-electron chi connectivity index (χ3n) is 2.05. The summed E-state index contributed by atoms with van der Waals surface area (Å²) in [5.74, 6) is 0. The normalized spacial score (nSPS) is 10.6. The topological polar surface area (TPSA) is 51.8 Å². The van der Waals surface area contributed by atoms with Crippen LogP contribution in [0.1, 0.15) is 5.56 Å². The number of nitrogens with two attached hydrogens (primary N) is 1. The van der Waals surface area contributed by atoms with Gasteiger partial charge in [0.25, 0.3) is 0 Å². The van der Waals surface area contributed by atoms with Crippen molar-refractivity contribution < 1.29 is 0 Å². The van der Waals surface area contributed by atoms with E-state index in [1.54, 1.807) is 29.9 Å². The average Bonchev–Trinajstić information content (AvgIpc) is 2.81. The molecule has 0 saturated heterocycles. The van der Waals surface area contributed by atoms with Crippen molar-refractivity contribution in [2.75, 3.05) is 6.26 Å². The van der Waals surface area contributed by atoms with E-state index in [9.17, 15) is 0 Å². The van der Waals surface area contributed by atoms with Gasteiger partial charge >= 0.3 is 0 Å². The fraction of sp³-hybridized carbons (Fsp3) is 0.200. The standard InChI is InChI=1S/C10H11N3S3/c1-14-8-3-2-4-9(7(8)5-11)15-10-12-6-13-16-10/h2-4,6H,5,11H2,1H3. The molecule has 0 spiro atoms. The van der Waals surface area contributed by atoms with Crippen molar-refractivity contribution in [3.8, 4) is 0 Å². The third-order valence-corrected chi connectivity index (χ3v) is 4.69. The van der Waals surface area contributed by atoms with Crippen LogP contribution in [0.2, 0.25) is 0 Å². The van der Waals surface area contributed by atoms with Crippen LogP contribution in [0.4, 0.5) is 0 Å². The zero-order valence-electron chi connectivity index (χ0n) is 8.71. The molecule has 0 unspecified atom stereocenters. The maximum Gasteiger partial charge on any atom is 0.174 e. The Morgan fingerprint density at radius 1 is 1.38 bits per heavy atom. The highest BCUT2D eigenvalue weighted by atomic mass is 32.2. The van der Waals surface area contributed by atoms with Crippen molar-refractivity contribution in [1.82, 2.24) is 9.36 Å². The van der Waals surface area contributed by atoms with Crippen LogP contribution in [0.5, 0.6) is 0 Å². The van der Waals surface area contributed by atoms with Crippen molar-refractivity contribution in [1.29, 1.82) is 0 Å². The van der Waals surface area contributed by atoms with Crippen LogP contribution in [0.15, 0.2) is 38.7 Å². The lowest BCUT2D eigenvalue weighted by atomic mass is 10.2. The van der Waals surface area contributed by atoms with E-state index < -0.39 is 0 Å². The number of thioether (sulfide) groups is 1. The number of hydrogen-bond donors (Lipinski definition) is 1. The lowest BCUT2D eigenvalue weighted by Crippen LogP contribution is -2.00. The predicted octanol–water partition coefficient (Wildman–Crippen LogP) is 2.87. The summed E-state index contributed by atoms with van der Waals surface area (Å²) >= 11 is 4.75. The van der Waals surface area contributed by atoms with E-state index >= 15 is 0 Å². The first-order chi connectivity index (χ1) is 7.85. The van der Waals surface area contributed by atoms with Gasteiger partial charge in [0.15, 0.2) is 4.34 Å². The number of aromatic nitrogens is 2. The Labute approximate surface area is 107 Å². The Bertz CT molecular complexity index is 456. The number of benzene rings is 1. The molecule has 1 aromatic heterocycles. The van der Waals surface area contributed by atoms with Gasteiger partial charge in [-0.25, -0.2) is 4.98 Å². The van der Waals surface area contributed by atoms with E-state index in [1.165, 1.54) is 26.9 Å². The molecule has 1 aromatic carbocycles. The predicted molar refractivity (Wildman–Crippen MR) is 70.1 cm³/mol. The van der Waals surface area contributed by atoms with Gasteiger partial charge in [0.05, 0.1) is 0 Å². The van der Waals surface area contributed by atoms with Gasteiger partial charge in [-0.1, -0.05) is 17.8 Å². The molecule has 2 N–H and O–H groups in total. The van der Waals surface area contributed by atoms with E-state index in [2.05, 4.69) is 27.7 Å². The molecule has 0 amide bonds. The lowest BCUT2D eigenvalue weighted by Gasteiger charge is -2.09. The van der Waals surface area contributed by atoms with Crippen LogP contribution < -0.4 is 5.73 Å². The fourth-order valence-corrected chi connectivity index (χ4v) is 3.63. The maximum absolute atomic E-state index is 5.80. The smallest absolute Gasteiger partial charge is 0.174 e. The highest BCUT2D eigenvalue weighted by Gasteiger charge is 2.09. The largest absolute Gasteiger partial charge is 0.326 e. The molecule has 0 bridgehead atoms. The molecule has 1 heterocycles. The Kier molecular flexibility index (Phi) is 4.22. The summed E-state index contributed by atoms with van der Waals surface area (Å²) in [7, 11) is 0.